The fraction of sp³-hybridized carbons (Fsp3) is 0.294. The summed E-state index contributed by atoms with van der Waals surface area (Å²) in [5.41, 5.74) is -0.0669. The van der Waals surface area contributed by atoms with Crippen LogP contribution in [-0.2, 0) is 9.84 Å². The van der Waals surface area contributed by atoms with Gasteiger partial charge in [-0.2, -0.15) is 0 Å². The molecule has 0 saturated carbocycles. The van der Waals surface area contributed by atoms with Gasteiger partial charge in [0, 0.05) is 10.6 Å². The summed E-state index contributed by atoms with van der Waals surface area (Å²) in [6.07, 6.45) is 0.721. The number of hydrogen-bond acceptors (Lipinski definition) is 2. The topological polar surface area (TPSA) is 34.1 Å². The molecule has 0 fully saturated rings. The summed E-state index contributed by atoms with van der Waals surface area (Å²) in [5.74, 6) is -1.33. The molecule has 2 aromatic rings. The smallest absolute Gasteiger partial charge is 0.185 e. The van der Waals surface area contributed by atoms with Crippen molar-refractivity contribution in [1.29, 1.82) is 0 Å². The van der Waals surface area contributed by atoms with Crippen molar-refractivity contribution in [3.05, 3.63) is 64.2 Å². The quantitative estimate of drug-likeness (QED) is 0.732. The van der Waals surface area contributed by atoms with E-state index in [-0.39, 0.29) is 22.4 Å². The molecular weight excluding hydrogens is 342 g/mol. The molecule has 0 saturated heterocycles. The van der Waals surface area contributed by atoms with E-state index < -0.39 is 26.7 Å². The first kappa shape index (κ1) is 17.9. The third-order valence-electron chi connectivity index (χ3n) is 3.79. The van der Waals surface area contributed by atoms with Gasteiger partial charge in [0.1, 0.15) is 11.6 Å². The first-order valence-corrected chi connectivity index (χ1v) is 9.15. The van der Waals surface area contributed by atoms with E-state index in [4.69, 9.17) is 11.6 Å². The highest BCUT2D eigenvalue weighted by atomic mass is 35.5. The van der Waals surface area contributed by atoms with Crippen LogP contribution in [0.25, 0.3) is 0 Å². The molecule has 0 radical (unpaired) electrons. The average molecular weight is 359 g/mol. The van der Waals surface area contributed by atoms with E-state index in [1.807, 2.05) is 0 Å². The molecule has 0 heterocycles. The van der Waals surface area contributed by atoms with Crippen LogP contribution in [0.4, 0.5) is 8.78 Å². The fourth-order valence-electron chi connectivity index (χ4n) is 2.57. The van der Waals surface area contributed by atoms with Crippen LogP contribution in [0.15, 0.2) is 41.3 Å². The number of rotatable bonds is 5. The second-order valence-electron chi connectivity index (χ2n) is 5.34. The van der Waals surface area contributed by atoms with Crippen LogP contribution in [0.1, 0.15) is 36.1 Å². The molecule has 0 bridgehead atoms. The van der Waals surface area contributed by atoms with Gasteiger partial charge in [0.2, 0.25) is 0 Å². The Morgan fingerprint density at radius 2 is 1.61 bits per heavy atom. The fourth-order valence-corrected chi connectivity index (χ4v) is 4.69. The van der Waals surface area contributed by atoms with Crippen LogP contribution in [0, 0.1) is 18.6 Å². The molecule has 0 aliphatic rings. The summed E-state index contributed by atoms with van der Waals surface area (Å²) in [6.45, 7) is 3.20. The summed E-state index contributed by atoms with van der Waals surface area (Å²) in [5, 5.41) is -0.728. The average Bonchev–Trinajstić information content (AvgIpc) is 2.51. The maximum atomic E-state index is 14.3. The minimum Gasteiger partial charge on any atom is -0.223 e. The first-order chi connectivity index (χ1) is 10.8. The molecule has 2 rings (SSSR count). The van der Waals surface area contributed by atoms with E-state index in [1.165, 1.54) is 31.2 Å². The van der Waals surface area contributed by atoms with Crippen LogP contribution in [0.2, 0.25) is 5.02 Å². The van der Waals surface area contributed by atoms with Crippen molar-refractivity contribution in [3.8, 4) is 0 Å². The van der Waals surface area contributed by atoms with Gasteiger partial charge in [-0.15, -0.1) is 0 Å². The Kier molecular flexibility index (Phi) is 5.42. The molecule has 23 heavy (non-hydrogen) atoms. The second-order valence-corrected chi connectivity index (χ2v) is 7.91. The van der Waals surface area contributed by atoms with Gasteiger partial charge in [0.25, 0.3) is 0 Å². The SMILES string of the molecule is CCCC(c1c(F)ccc(F)c1C)S(=O)(=O)c1ccc(Cl)cc1. The molecule has 0 amide bonds. The maximum Gasteiger partial charge on any atom is 0.185 e. The monoisotopic (exact) mass is 358 g/mol. The Morgan fingerprint density at radius 1 is 1.04 bits per heavy atom. The van der Waals surface area contributed by atoms with Crippen molar-refractivity contribution in [2.24, 2.45) is 0 Å². The van der Waals surface area contributed by atoms with Crippen LogP contribution in [0.5, 0.6) is 0 Å². The lowest BCUT2D eigenvalue weighted by atomic mass is 10.0. The van der Waals surface area contributed by atoms with E-state index in [9.17, 15) is 17.2 Å². The Labute approximate surface area is 140 Å². The summed E-state index contributed by atoms with van der Waals surface area (Å²) in [6, 6.07) is 7.67. The van der Waals surface area contributed by atoms with Crippen molar-refractivity contribution >= 4 is 21.4 Å². The third-order valence-corrected chi connectivity index (χ3v) is 6.19. The Balaban J connectivity index is 2.63. The number of hydrogen-bond donors (Lipinski definition) is 0. The van der Waals surface area contributed by atoms with Crippen LogP contribution < -0.4 is 0 Å². The molecule has 6 heteroatoms. The summed E-state index contributed by atoms with van der Waals surface area (Å²) < 4.78 is 53.9. The maximum absolute atomic E-state index is 14.3. The second kappa shape index (κ2) is 6.97. The van der Waals surface area contributed by atoms with E-state index in [0.29, 0.717) is 11.4 Å². The molecule has 124 valence electrons. The lowest BCUT2D eigenvalue weighted by molar-refractivity contribution is 0.545. The Hall–Kier alpha value is -1.46. The number of halogens is 3. The summed E-state index contributed by atoms with van der Waals surface area (Å²) >= 11 is 5.79. The third kappa shape index (κ3) is 3.56. The number of sulfone groups is 1. The summed E-state index contributed by atoms with van der Waals surface area (Å²) in [4.78, 5) is 0.0448. The van der Waals surface area contributed by atoms with Crippen molar-refractivity contribution in [1.82, 2.24) is 0 Å². The van der Waals surface area contributed by atoms with Gasteiger partial charge in [-0.3, -0.25) is 0 Å². The first-order valence-electron chi connectivity index (χ1n) is 7.23. The predicted octanol–water partition coefficient (Wildman–Crippen LogP) is 5.24. The molecule has 0 aromatic heterocycles. The predicted molar refractivity (Wildman–Crippen MR) is 87.4 cm³/mol. The van der Waals surface area contributed by atoms with Gasteiger partial charge < -0.3 is 0 Å². The van der Waals surface area contributed by atoms with Crippen molar-refractivity contribution in [2.45, 2.75) is 36.8 Å². The van der Waals surface area contributed by atoms with Gasteiger partial charge in [0.15, 0.2) is 9.84 Å². The van der Waals surface area contributed by atoms with Crippen molar-refractivity contribution in [3.63, 3.8) is 0 Å². The lowest BCUT2D eigenvalue weighted by Crippen LogP contribution is -2.17. The molecule has 2 aromatic carbocycles. The molecule has 0 aliphatic heterocycles. The molecule has 0 N–H and O–H groups in total. The Morgan fingerprint density at radius 3 is 2.17 bits per heavy atom. The highest BCUT2D eigenvalue weighted by Gasteiger charge is 2.32. The zero-order valence-corrected chi connectivity index (χ0v) is 14.4. The lowest BCUT2D eigenvalue weighted by Gasteiger charge is -2.20. The van der Waals surface area contributed by atoms with E-state index in [2.05, 4.69) is 0 Å². The summed E-state index contributed by atoms with van der Waals surface area (Å²) in [7, 11) is -3.86. The number of benzene rings is 2. The Bertz CT molecular complexity index is 802. The van der Waals surface area contributed by atoms with Gasteiger partial charge in [-0.1, -0.05) is 24.9 Å². The zero-order chi connectivity index (χ0) is 17.2. The standard InChI is InChI=1S/C17H17ClF2O2S/c1-3-4-16(17-11(2)14(19)9-10-15(17)20)23(21,22)13-7-5-12(18)6-8-13/h5-10,16H,3-4H2,1-2H3. The largest absolute Gasteiger partial charge is 0.223 e. The van der Waals surface area contributed by atoms with E-state index in [1.54, 1.807) is 6.92 Å². The van der Waals surface area contributed by atoms with Gasteiger partial charge in [0.05, 0.1) is 10.1 Å². The highest BCUT2D eigenvalue weighted by molar-refractivity contribution is 7.91. The van der Waals surface area contributed by atoms with Crippen LogP contribution in [-0.4, -0.2) is 8.42 Å². The van der Waals surface area contributed by atoms with Crippen molar-refractivity contribution in [2.75, 3.05) is 0 Å². The normalized spacial score (nSPS) is 13.1. The van der Waals surface area contributed by atoms with Crippen molar-refractivity contribution < 1.29 is 17.2 Å². The minimum absolute atomic E-state index is 0.0287. The van der Waals surface area contributed by atoms with Crippen LogP contribution >= 0.6 is 11.6 Å². The zero-order valence-electron chi connectivity index (χ0n) is 12.8. The van der Waals surface area contributed by atoms with Crippen LogP contribution in [0.3, 0.4) is 0 Å². The minimum atomic E-state index is -3.86. The molecule has 0 aliphatic carbocycles. The van der Waals surface area contributed by atoms with Gasteiger partial charge >= 0.3 is 0 Å². The highest BCUT2D eigenvalue weighted by Crippen LogP contribution is 2.37. The molecule has 1 unspecified atom stereocenters. The molecule has 1 atom stereocenters. The molecule has 2 nitrogen and oxygen atoms in total. The van der Waals surface area contributed by atoms with Gasteiger partial charge in [-0.05, 0) is 55.3 Å². The molecule has 0 spiro atoms. The van der Waals surface area contributed by atoms with E-state index >= 15 is 0 Å². The molecular formula is C17H17ClF2O2S. The van der Waals surface area contributed by atoms with Gasteiger partial charge in [-0.25, -0.2) is 17.2 Å². The van der Waals surface area contributed by atoms with E-state index in [0.717, 1.165) is 12.1 Å².